The van der Waals surface area contributed by atoms with E-state index in [4.69, 9.17) is 9.47 Å². The molecular formula is C46H67NO8. The Morgan fingerprint density at radius 1 is 0.909 bits per heavy atom. The first-order chi connectivity index (χ1) is 25.7. The molecule has 9 atom stereocenters. The number of aliphatic carboxylic acids is 1. The van der Waals surface area contributed by atoms with Crippen molar-refractivity contribution in [1.82, 2.24) is 5.32 Å². The number of carbonyl (C=O) groups is 4. The maximum absolute atomic E-state index is 14.3. The number of nitrogens with one attached hydrogen (secondary N) is 1. The summed E-state index contributed by atoms with van der Waals surface area (Å²) in [5.41, 5.74) is 0.514. The highest BCUT2D eigenvalue weighted by Gasteiger charge is 2.71. The van der Waals surface area contributed by atoms with Gasteiger partial charge in [0.2, 0.25) is 0 Å². The molecule has 0 aromatic heterocycles. The van der Waals surface area contributed by atoms with Crippen molar-refractivity contribution in [2.24, 2.45) is 56.2 Å². The van der Waals surface area contributed by atoms with Crippen molar-refractivity contribution < 1.29 is 38.9 Å². The Kier molecular flexibility index (Phi) is 11.1. The second-order valence-corrected chi connectivity index (χ2v) is 20.2. The Bertz CT molecular complexity index is 1700. The molecule has 0 aliphatic heterocycles. The summed E-state index contributed by atoms with van der Waals surface area (Å²) in [6, 6.07) is 9.08. The molecule has 55 heavy (non-hydrogen) atoms. The van der Waals surface area contributed by atoms with Crippen LogP contribution in [0.2, 0.25) is 0 Å². The van der Waals surface area contributed by atoms with Crippen molar-refractivity contribution in [3.8, 4) is 0 Å². The van der Waals surface area contributed by atoms with Gasteiger partial charge in [-0.3, -0.25) is 14.4 Å². The Morgan fingerprint density at radius 2 is 1.60 bits per heavy atom. The molecule has 1 aromatic carbocycles. The lowest BCUT2D eigenvalue weighted by Crippen LogP contribution is -2.66. The van der Waals surface area contributed by atoms with Crippen molar-refractivity contribution in [2.45, 2.75) is 139 Å². The second-order valence-electron chi connectivity index (χ2n) is 20.2. The number of aliphatic hydroxyl groups excluding tert-OH is 1. The minimum absolute atomic E-state index is 0.00942. The van der Waals surface area contributed by atoms with Crippen LogP contribution in [-0.2, 0) is 23.9 Å². The van der Waals surface area contributed by atoms with Gasteiger partial charge in [0.1, 0.15) is 12.2 Å². The summed E-state index contributed by atoms with van der Waals surface area (Å²) in [6.07, 6.45) is 6.77. The Labute approximate surface area is 328 Å². The highest BCUT2D eigenvalue weighted by atomic mass is 16.5. The summed E-state index contributed by atoms with van der Waals surface area (Å²) >= 11 is 0. The summed E-state index contributed by atoms with van der Waals surface area (Å²) in [5.74, 6) is -0.664. The van der Waals surface area contributed by atoms with Crippen molar-refractivity contribution in [3.05, 3.63) is 47.0 Å². The third-order valence-electron chi connectivity index (χ3n) is 16.4. The van der Waals surface area contributed by atoms with E-state index in [0.717, 1.165) is 56.9 Å². The van der Waals surface area contributed by atoms with E-state index in [0.29, 0.717) is 36.9 Å². The number of Topliss-reactive ketones (excluding diaryl/α,β-unsaturated/α-hetero) is 1. The van der Waals surface area contributed by atoms with Gasteiger partial charge >= 0.3 is 17.9 Å². The van der Waals surface area contributed by atoms with Crippen LogP contribution in [0.1, 0.15) is 137 Å². The van der Waals surface area contributed by atoms with E-state index < -0.39 is 28.9 Å². The zero-order chi connectivity index (χ0) is 40.4. The number of carboxylic acids is 1. The third-order valence-corrected chi connectivity index (χ3v) is 16.4. The fraction of sp³-hybridized carbons (Fsp3) is 0.739. The zero-order valence-corrected chi connectivity index (χ0v) is 34.9. The molecule has 3 N–H and O–H groups in total. The number of fused-ring (bicyclic) bond motifs is 7. The first-order valence-electron chi connectivity index (χ1n) is 21.0. The zero-order valence-electron chi connectivity index (χ0n) is 34.9. The van der Waals surface area contributed by atoms with E-state index in [2.05, 4.69) is 53.8 Å². The third kappa shape index (κ3) is 6.71. The topological polar surface area (TPSA) is 139 Å². The van der Waals surface area contributed by atoms with Gasteiger partial charge in [0.15, 0.2) is 5.78 Å². The van der Waals surface area contributed by atoms with Gasteiger partial charge in [-0.05, 0) is 128 Å². The van der Waals surface area contributed by atoms with E-state index in [1.54, 1.807) is 26.0 Å². The number of ether oxygens (including phenoxy) is 2. The van der Waals surface area contributed by atoms with E-state index in [9.17, 15) is 29.4 Å². The minimum Gasteiger partial charge on any atom is -0.481 e. The normalized spacial score (nSPS) is 35.9. The number of rotatable bonds is 12. The number of aliphatic hydroxyl groups is 1. The number of benzene rings is 1. The highest BCUT2D eigenvalue weighted by molar-refractivity contribution is 6.01. The first kappa shape index (κ1) is 41.6. The van der Waals surface area contributed by atoms with Gasteiger partial charge in [-0.15, -0.1) is 0 Å². The number of esters is 2. The van der Waals surface area contributed by atoms with Crippen molar-refractivity contribution in [3.63, 3.8) is 0 Å². The van der Waals surface area contributed by atoms with Crippen LogP contribution in [0.3, 0.4) is 0 Å². The summed E-state index contributed by atoms with van der Waals surface area (Å²) in [4.78, 5) is 53.0. The standard InChI is InChI=1S/C46H67NO8/c1-28(2)37-31(49)25-46(35(27-47-23-24-48)55-39(51)29-13-11-10-12-14-29)22-21-44(8)30(38(37)46)15-16-33-43(7)19-18-34(54-36(50)26-41(3,4)40(52)53)42(5,6)32(43)17-20-45(33,44)9/h10-14,28,30,32-35,47-48H,15-27H2,1-9H3,(H,52,53). The number of ketones is 1. The molecule has 0 saturated heterocycles. The molecule has 9 heteroatoms. The SMILES string of the molecule is CC(C)C1=C2C3CCC4C5(C)CCC(OC(=O)CC(C)(C)C(=O)O)C(C)(C)C5CCC4(C)C3(C)CCC2(C(CNCCO)OC(=O)c2ccccc2)CC1=O. The first-order valence-corrected chi connectivity index (χ1v) is 21.0. The monoisotopic (exact) mass is 761 g/mol. The van der Waals surface area contributed by atoms with Crippen LogP contribution >= 0.6 is 0 Å². The van der Waals surface area contributed by atoms with Crippen LogP contribution in [0.15, 0.2) is 41.5 Å². The maximum atomic E-state index is 14.3. The average Bonchev–Trinajstić information content (AvgIpc) is 3.42. The molecule has 9 unspecified atom stereocenters. The molecule has 0 amide bonds. The number of allylic oxidation sites excluding steroid dienone is 1. The minimum atomic E-state index is -1.18. The van der Waals surface area contributed by atoms with Gasteiger partial charge in [-0.1, -0.05) is 66.7 Å². The van der Waals surface area contributed by atoms with Crippen LogP contribution in [0, 0.1) is 56.2 Å². The molecule has 1 aromatic rings. The van der Waals surface area contributed by atoms with Crippen LogP contribution in [0.4, 0.5) is 0 Å². The Hall–Kier alpha value is -3.04. The van der Waals surface area contributed by atoms with Gasteiger partial charge in [0.25, 0.3) is 0 Å². The molecule has 5 aliphatic carbocycles. The van der Waals surface area contributed by atoms with Gasteiger partial charge in [-0.25, -0.2) is 4.79 Å². The summed E-state index contributed by atoms with van der Waals surface area (Å²) in [6.45, 7) is 20.1. The molecule has 9 nitrogen and oxygen atoms in total. The van der Waals surface area contributed by atoms with E-state index >= 15 is 0 Å². The van der Waals surface area contributed by atoms with Crippen LogP contribution in [0.5, 0.6) is 0 Å². The Balaban J connectivity index is 1.33. The number of carboxylic acid groups (broad SMARTS) is 1. The fourth-order valence-electron chi connectivity index (χ4n) is 13.3. The van der Waals surface area contributed by atoms with E-state index in [1.165, 1.54) is 5.57 Å². The summed E-state index contributed by atoms with van der Waals surface area (Å²) in [5, 5.41) is 22.7. The van der Waals surface area contributed by atoms with Gasteiger partial charge in [0, 0.05) is 30.3 Å². The second kappa shape index (κ2) is 14.7. The van der Waals surface area contributed by atoms with Crippen molar-refractivity contribution in [2.75, 3.05) is 19.7 Å². The molecule has 0 heterocycles. The van der Waals surface area contributed by atoms with Crippen LogP contribution < -0.4 is 5.32 Å². The molecule has 0 bridgehead atoms. The van der Waals surface area contributed by atoms with Crippen molar-refractivity contribution in [1.29, 1.82) is 0 Å². The molecule has 6 rings (SSSR count). The number of hydrogen-bond donors (Lipinski definition) is 3. The quantitative estimate of drug-likeness (QED) is 0.142. The molecule has 0 radical (unpaired) electrons. The number of carbonyl (C=O) groups excluding carboxylic acids is 3. The predicted octanol–water partition coefficient (Wildman–Crippen LogP) is 8.19. The lowest BCUT2D eigenvalue weighted by Gasteiger charge is -2.72. The summed E-state index contributed by atoms with van der Waals surface area (Å²) < 4.78 is 12.7. The maximum Gasteiger partial charge on any atom is 0.338 e. The molecule has 4 fully saturated rings. The Morgan fingerprint density at radius 3 is 2.24 bits per heavy atom. The summed E-state index contributed by atoms with van der Waals surface area (Å²) in [7, 11) is 0. The lowest BCUT2D eigenvalue weighted by molar-refractivity contribution is -0.235. The molecule has 0 spiro atoms. The van der Waals surface area contributed by atoms with Gasteiger partial charge in [-0.2, -0.15) is 0 Å². The smallest absolute Gasteiger partial charge is 0.338 e. The largest absolute Gasteiger partial charge is 0.481 e. The van der Waals surface area contributed by atoms with Crippen LogP contribution in [-0.4, -0.2) is 65.8 Å². The predicted molar refractivity (Wildman–Crippen MR) is 211 cm³/mol. The van der Waals surface area contributed by atoms with Gasteiger partial charge < -0.3 is 25.0 Å². The molecule has 304 valence electrons. The molecule has 5 aliphatic rings. The lowest BCUT2D eigenvalue weighted by atomic mass is 9.33. The van der Waals surface area contributed by atoms with E-state index in [1.807, 2.05) is 18.2 Å². The highest BCUT2D eigenvalue weighted by Crippen LogP contribution is 2.77. The van der Waals surface area contributed by atoms with Crippen LogP contribution in [0.25, 0.3) is 0 Å². The van der Waals surface area contributed by atoms with Gasteiger partial charge in [0.05, 0.1) is 24.0 Å². The molecular weight excluding hydrogens is 695 g/mol. The fourth-order valence-corrected chi connectivity index (χ4v) is 13.3. The molecule has 4 saturated carbocycles. The number of hydrogen-bond acceptors (Lipinski definition) is 8. The van der Waals surface area contributed by atoms with Crippen molar-refractivity contribution >= 4 is 23.7 Å². The average molecular weight is 762 g/mol. The van der Waals surface area contributed by atoms with E-state index in [-0.39, 0.29) is 64.4 Å².